The molecule has 2 rings (SSSR count). The van der Waals surface area contributed by atoms with Crippen molar-refractivity contribution in [1.82, 2.24) is 0 Å². The maximum absolute atomic E-state index is 13.1. The van der Waals surface area contributed by atoms with E-state index in [1.165, 1.54) is 12.1 Å². The van der Waals surface area contributed by atoms with E-state index in [2.05, 4.69) is 0 Å². The molecule has 0 aromatic heterocycles. The average molecular weight is 309 g/mol. The van der Waals surface area contributed by atoms with Crippen LogP contribution >= 0.6 is 11.6 Å². The summed E-state index contributed by atoms with van der Waals surface area (Å²) in [5.74, 6) is -0.353. The number of carbonyl (C=O) groups excluding carboxylic acids is 1. The van der Waals surface area contributed by atoms with Gasteiger partial charge in [-0.25, -0.2) is 4.39 Å². The van der Waals surface area contributed by atoms with Crippen molar-refractivity contribution in [2.24, 2.45) is 0 Å². The molecule has 5 heteroatoms. The number of rotatable bonds is 6. The van der Waals surface area contributed by atoms with Crippen LogP contribution in [0.5, 0.6) is 5.75 Å². The summed E-state index contributed by atoms with van der Waals surface area (Å²) >= 11 is 5.93. The molecule has 0 radical (unpaired) electrons. The third kappa shape index (κ3) is 3.80. The predicted molar refractivity (Wildman–Crippen MR) is 78.7 cm³/mol. The first kappa shape index (κ1) is 15.5. The lowest BCUT2D eigenvalue weighted by atomic mass is 10.0. The van der Waals surface area contributed by atoms with Gasteiger partial charge in [0.25, 0.3) is 0 Å². The number of hydrogen-bond donors (Lipinski definition) is 0. The van der Waals surface area contributed by atoms with E-state index in [-0.39, 0.29) is 16.4 Å². The maximum Gasteiger partial charge on any atom is 0.198 e. The molecule has 0 spiro atoms. The van der Waals surface area contributed by atoms with E-state index in [9.17, 15) is 9.18 Å². The molecule has 2 aromatic carbocycles. The fraction of sp³-hybridized carbons (Fsp3) is 0.188. The van der Waals surface area contributed by atoms with E-state index in [4.69, 9.17) is 21.1 Å². The van der Waals surface area contributed by atoms with Crippen LogP contribution < -0.4 is 4.74 Å². The highest BCUT2D eigenvalue weighted by atomic mass is 35.5. The first-order valence-electron chi connectivity index (χ1n) is 6.34. The Bertz CT molecular complexity index is 643. The molecule has 0 amide bonds. The van der Waals surface area contributed by atoms with Crippen LogP contribution in [0.3, 0.4) is 0 Å². The Hall–Kier alpha value is -1.91. The van der Waals surface area contributed by atoms with Crippen molar-refractivity contribution >= 4 is 17.4 Å². The number of ether oxygens (including phenoxy) is 2. The minimum Gasteiger partial charge on any atom is -0.490 e. The Kier molecular flexibility index (Phi) is 5.31. The Morgan fingerprint density at radius 3 is 2.62 bits per heavy atom. The molecule has 0 N–H and O–H groups in total. The smallest absolute Gasteiger partial charge is 0.198 e. The van der Waals surface area contributed by atoms with Gasteiger partial charge in [0.05, 0.1) is 17.2 Å². The molecule has 0 aliphatic rings. The normalized spacial score (nSPS) is 10.4. The van der Waals surface area contributed by atoms with Gasteiger partial charge in [0.1, 0.15) is 18.2 Å². The second-order valence-corrected chi connectivity index (χ2v) is 4.70. The van der Waals surface area contributed by atoms with Gasteiger partial charge in [0, 0.05) is 12.7 Å². The van der Waals surface area contributed by atoms with Gasteiger partial charge in [-0.1, -0.05) is 23.7 Å². The molecule has 0 bridgehead atoms. The highest BCUT2D eigenvalue weighted by Crippen LogP contribution is 2.25. The maximum atomic E-state index is 13.1. The zero-order chi connectivity index (χ0) is 15.2. The van der Waals surface area contributed by atoms with Crippen molar-refractivity contribution in [3.05, 3.63) is 64.4 Å². The summed E-state index contributed by atoms with van der Waals surface area (Å²) in [5, 5.41) is 0.0756. The minimum absolute atomic E-state index is 0.0756. The molecular formula is C16H14ClFO3. The van der Waals surface area contributed by atoms with E-state index in [1.54, 1.807) is 31.4 Å². The molecule has 21 heavy (non-hydrogen) atoms. The highest BCUT2D eigenvalue weighted by molar-refractivity contribution is 6.35. The largest absolute Gasteiger partial charge is 0.490 e. The molecule has 0 aliphatic carbocycles. The Labute approximate surface area is 127 Å². The second-order valence-electron chi connectivity index (χ2n) is 4.29. The van der Waals surface area contributed by atoms with E-state index in [0.29, 0.717) is 24.5 Å². The zero-order valence-electron chi connectivity index (χ0n) is 11.4. The summed E-state index contributed by atoms with van der Waals surface area (Å²) in [6.07, 6.45) is 0. The molecule has 0 saturated heterocycles. The summed E-state index contributed by atoms with van der Waals surface area (Å²) in [5.41, 5.74) is 0.614. The lowest BCUT2D eigenvalue weighted by Gasteiger charge is -2.11. The Balaban J connectivity index is 2.30. The predicted octanol–water partition coefficient (Wildman–Crippen LogP) is 3.74. The van der Waals surface area contributed by atoms with Crippen molar-refractivity contribution in [2.45, 2.75) is 0 Å². The molecular weight excluding hydrogens is 295 g/mol. The molecule has 0 fully saturated rings. The molecule has 110 valence electrons. The van der Waals surface area contributed by atoms with Crippen LogP contribution in [-0.4, -0.2) is 26.1 Å². The van der Waals surface area contributed by atoms with Crippen LogP contribution in [0.15, 0.2) is 42.5 Å². The summed E-state index contributed by atoms with van der Waals surface area (Å²) < 4.78 is 23.5. The topological polar surface area (TPSA) is 35.5 Å². The van der Waals surface area contributed by atoms with Crippen LogP contribution in [0.4, 0.5) is 4.39 Å². The highest BCUT2D eigenvalue weighted by Gasteiger charge is 2.17. The van der Waals surface area contributed by atoms with Gasteiger partial charge in [-0.3, -0.25) is 4.79 Å². The zero-order valence-corrected chi connectivity index (χ0v) is 12.2. The van der Waals surface area contributed by atoms with Gasteiger partial charge in [-0.15, -0.1) is 0 Å². The number of methoxy groups -OCH3 is 1. The lowest BCUT2D eigenvalue weighted by molar-refractivity contribution is 0.103. The van der Waals surface area contributed by atoms with Crippen LogP contribution in [0.25, 0.3) is 0 Å². The number of hydrogen-bond acceptors (Lipinski definition) is 3. The number of ketones is 1. The number of benzene rings is 2. The summed E-state index contributed by atoms with van der Waals surface area (Å²) in [7, 11) is 1.57. The SMILES string of the molecule is COCCOc1ccccc1C(=O)c1ccc(F)cc1Cl. The number of carbonyl (C=O) groups is 1. The van der Waals surface area contributed by atoms with Gasteiger partial charge in [0.2, 0.25) is 0 Å². The summed E-state index contributed by atoms with van der Waals surface area (Å²) in [4.78, 5) is 12.5. The summed E-state index contributed by atoms with van der Waals surface area (Å²) in [6, 6.07) is 10.5. The first-order chi connectivity index (χ1) is 10.1. The van der Waals surface area contributed by atoms with Crippen molar-refractivity contribution < 1.29 is 18.7 Å². The second kappa shape index (κ2) is 7.20. The van der Waals surface area contributed by atoms with Crippen molar-refractivity contribution in [3.8, 4) is 5.75 Å². The third-order valence-electron chi connectivity index (χ3n) is 2.85. The Morgan fingerprint density at radius 2 is 1.90 bits per heavy atom. The van der Waals surface area contributed by atoms with E-state index in [1.807, 2.05) is 0 Å². The molecule has 0 unspecified atom stereocenters. The first-order valence-corrected chi connectivity index (χ1v) is 6.72. The van der Waals surface area contributed by atoms with Gasteiger partial charge >= 0.3 is 0 Å². The van der Waals surface area contributed by atoms with Crippen molar-refractivity contribution in [1.29, 1.82) is 0 Å². The summed E-state index contributed by atoms with van der Waals surface area (Å²) in [6.45, 7) is 0.748. The standard InChI is InChI=1S/C16H14ClFO3/c1-20-8-9-21-15-5-3-2-4-13(15)16(19)12-7-6-11(18)10-14(12)17/h2-7,10H,8-9H2,1H3. The lowest BCUT2D eigenvalue weighted by Crippen LogP contribution is -2.09. The van der Waals surface area contributed by atoms with Gasteiger partial charge in [-0.2, -0.15) is 0 Å². The van der Waals surface area contributed by atoms with Gasteiger partial charge in [0.15, 0.2) is 5.78 Å². The van der Waals surface area contributed by atoms with E-state index >= 15 is 0 Å². The van der Waals surface area contributed by atoms with Crippen LogP contribution in [0, 0.1) is 5.82 Å². The van der Waals surface area contributed by atoms with Gasteiger partial charge < -0.3 is 9.47 Å². The quantitative estimate of drug-likeness (QED) is 0.602. The van der Waals surface area contributed by atoms with Crippen LogP contribution in [0.1, 0.15) is 15.9 Å². The molecule has 2 aromatic rings. The third-order valence-corrected chi connectivity index (χ3v) is 3.17. The molecule has 0 heterocycles. The van der Waals surface area contributed by atoms with Crippen LogP contribution in [-0.2, 0) is 4.74 Å². The molecule has 3 nitrogen and oxygen atoms in total. The van der Waals surface area contributed by atoms with E-state index in [0.717, 1.165) is 6.07 Å². The number of para-hydroxylation sites is 1. The molecule has 0 saturated carbocycles. The van der Waals surface area contributed by atoms with Crippen LogP contribution in [0.2, 0.25) is 5.02 Å². The Morgan fingerprint density at radius 1 is 1.14 bits per heavy atom. The van der Waals surface area contributed by atoms with Crippen molar-refractivity contribution in [2.75, 3.05) is 20.3 Å². The molecule has 0 aliphatic heterocycles. The van der Waals surface area contributed by atoms with Crippen molar-refractivity contribution in [3.63, 3.8) is 0 Å². The fourth-order valence-electron chi connectivity index (χ4n) is 1.83. The minimum atomic E-state index is -0.485. The fourth-order valence-corrected chi connectivity index (χ4v) is 2.09. The van der Waals surface area contributed by atoms with E-state index < -0.39 is 5.82 Å². The number of halogens is 2. The average Bonchev–Trinajstić information content (AvgIpc) is 2.47. The monoisotopic (exact) mass is 308 g/mol. The molecule has 0 atom stereocenters. The van der Waals surface area contributed by atoms with Gasteiger partial charge in [-0.05, 0) is 30.3 Å².